The lowest BCUT2D eigenvalue weighted by atomic mass is 10.0. The molecule has 1 amide bonds. The van der Waals surface area contributed by atoms with Gasteiger partial charge in [0.25, 0.3) is 5.91 Å². The van der Waals surface area contributed by atoms with Gasteiger partial charge >= 0.3 is 0 Å². The van der Waals surface area contributed by atoms with Crippen LogP contribution in [0, 0.1) is 0 Å². The zero-order chi connectivity index (χ0) is 14.8. The van der Waals surface area contributed by atoms with Crippen LogP contribution < -0.4 is 5.32 Å². The van der Waals surface area contributed by atoms with Crippen LogP contribution in [0.15, 0.2) is 48.8 Å². The normalized spacial score (nSPS) is 11.0. The predicted molar refractivity (Wildman–Crippen MR) is 84.6 cm³/mol. The zero-order valence-corrected chi connectivity index (χ0v) is 12.1. The molecule has 2 heterocycles. The second-order valence-corrected chi connectivity index (χ2v) is 5.30. The SMILES string of the molecule is CC(C)c1ccccc1NC(=O)c1c[nH]c2ncccc12. The summed E-state index contributed by atoms with van der Waals surface area (Å²) in [4.78, 5) is 19.7. The molecule has 0 fully saturated rings. The van der Waals surface area contributed by atoms with Gasteiger partial charge in [-0.15, -0.1) is 0 Å². The van der Waals surface area contributed by atoms with Crippen LogP contribution in [0.3, 0.4) is 0 Å². The first-order valence-corrected chi connectivity index (χ1v) is 6.99. The molecule has 4 nitrogen and oxygen atoms in total. The first-order valence-electron chi connectivity index (χ1n) is 6.99. The van der Waals surface area contributed by atoms with Gasteiger partial charge in [-0.25, -0.2) is 4.98 Å². The number of hydrogen-bond donors (Lipinski definition) is 2. The summed E-state index contributed by atoms with van der Waals surface area (Å²) in [5.41, 5.74) is 3.32. The molecule has 2 aromatic heterocycles. The number of nitrogens with zero attached hydrogens (tertiary/aromatic N) is 1. The van der Waals surface area contributed by atoms with Crippen LogP contribution >= 0.6 is 0 Å². The van der Waals surface area contributed by atoms with Crippen molar-refractivity contribution < 1.29 is 4.79 Å². The van der Waals surface area contributed by atoms with Crippen LogP contribution in [0.5, 0.6) is 0 Å². The predicted octanol–water partition coefficient (Wildman–Crippen LogP) is 3.94. The molecule has 0 aliphatic carbocycles. The van der Waals surface area contributed by atoms with Gasteiger partial charge in [-0.05, 0) is 29.7 Å². The molecule has 0 saturated heterocycles. The first-order chi connectivity index (χ1) is 10.2. The van der Waals surface area contributed by atoms with Crippen molar-refractivity contribution in [2.75, 3.05) is 5.32 Å². The van der Waals surface area contributed by atoms with E-state index in [1.807, 2.05) is 36.4 Å². The number of anilines is 1. The number of nitrogens with one attached hydrogen (secondary N) is 2. The van der Waals surface area contributed by atoms with Crippen molar-refractivity contribution in [3.8, 4) is 0 Å². The largest absolute Gasteiger partial charge is 0.345 e. The van der Waals surface area contributed by atoms with Gasteiger partial charge in [0.1, 0.15) is 5.65 Å². The average molecular weight is 279 g/mol. The standard InChI is InChI=1S/C17H17N3O/c1-11(2)12-6-3-4-8-15(12)20-17(21)14-10-19-16-13(14)7-5-9-18-16/h3-11H,1-2H3,(H,18,19)(H,20,21). The van der Waals surface area contributed by atoms with E-state index in [9.17, 15) is 4.79 Å². The third kappa shape index (κ3) is 2.52. The van der Waals surface area contributed by atoms with Gasteiger partial charge in [-0.2, -0.15) is 0 Å². The van der Waals surface area contributed by atoms with E-state index in [0.29, 0.717) is 11.5 Å². The van der Waals surface area contributed by atoms with Gasteiger partial charge in [0.15, 0.2) is 0 Å². The van der Waals surface area contributed by atoms with Crippen molar-refractivity contribution in [2.24, 2.45) is 0 Å². The number of carbonyl (C=O) groups excluding carboxylic acids is 1. The lowest BCUT2D eigenvalue weighted by Crippen LogP contribution is -2.13. The number of amides is 1. The van der Waals surface area contributed by atoms with E-state index in [-0.39, 0.29) is 5.91 Å². The van der Waals surface area contributed by atoms with E-state index in [0.717, 1.165) is 22.3 Å². The van der Waals surface area contributed by atoms with Crippen molar-refractivity contribution in [3.05, 3.63) is 59.9 Å². The molecule has 0 bridgehead atoms. The van der Waals surface area contributed by atoms with E-state index < -0.39 is 0 Å². The maximum Gasteiger partial charge on any atom is 0.257 e. The second kappa shape index (κ2) is 5.40. The fourth-order valence-electron chi connectivity index (χ4n) is 2.45. The summed E-state index contributed by atoms with van der Waals surface area (Å²) in [5.74, 6) is 0.230. The Morgan fingerprint density at radius 3 is 2.81 bits per heavy atom. The Morgan fingerprint density at radius 2 is 2.00 bits per heavy atom. The highest BCUT2D eigenvalue weighted by Gasteiger charge is 2.14. The maximum absolute atomic E-state index is 12.5. The topological polar surface area (TPSA) is 57.8 Å². The molecular formula is C17H17N3O. The second-order valence-electron chi connectivity index (χ2n) is 5.30. The van der Waals surface area contributed by atoms with Gasteiger partial charge < -0.3 is 10.3 Å². The third-order valence-electron chi connectivity index (χ3n) is 3.53. The highest BCUT2D eigenvalue weighted by atomic mass is 16.1. The van der Waals surface area contributed by atoms with E-state index in [1.54, 1.807) is 12.4 Å². The molecule has 21 heavy (non-hydrogen) atoms. The molecule has 2 N–H and O–H groups in total. The van der Waals surface area contributed by atoms with E-state index in [1.165, 1.54) is 0 Å². The summed E-state index contributed by atoms with van der Waals surface area (Å²) in [6, 6.07) is 11.6. The van der Waals surface area contributed by atoms with Crippen molar-refractivity contribution in [1.29, 1.82) is 0 Å². The molecule has 4 heteroatoms. The molecule has 0 aliphatic heterocycles. The van der Waals surface area contributed by atoms with Gasteiger partial charge in [-0.3, -0.25) is 4.79 Å². The minimum atomic E-state index is -0.123. The summed E-state index contributed by atoms with van der Waals surface area (Å²) in [6.45, 7) is 4.22. The monoisotopic (exact) mass is 279 g/mol. The first kappa shape index (κ1) is 13.4. The van der Waals surface area contributed by atoms with Crippen molar-refractivity contribution in [2.45, 2.75) is 19.8 Å². The van der Waals surface area contributed by atoms with Crippen LogP contribution in [0.2, 0.25) is 0 Å². The van der Waals surface area contributed by atoms with Gasteiger partial charge in [0, 0.05) is 23.5 Å². The molecule has 3 aromatic rings. The van der Waals surface area contributed by atoms with E-state index in [2.05, 4.69) is 29.1 Å². The third-order valence-corrected chi connectivity index (χ3v) is 3.53. The van der Waals surface area contributed by atoms with E-state index >= 15 is 0 Å². The molecule has 0 atom stereocenters. The molecule has 0 spiro atoms. The van der Waals surface area contributed by atoms with Crippen LogP contribution in [-0.4, -0.2) is 15.9 Å². The quantitative estimate of drug-likeness (QED) is 0.763. The zero-order valence-electron chi connectivity index (χ0n) is 12.1. The molecular weight excluding hydrogens is 262 g/mol. The van der Waals surface area contributed by atoms with E-state index in [4.69, 9.17) is 0 Å². The fourth-order valence-corrected chi connectivity index (χ4v) is 2.45. The fraction of sp³-hybridized carbons (Fsp3) is 0.176. The van der Waals surface area contributed by atoms with Crippen LogP contribution in [-0.2, 0) is 0 Å². The summed E-state index contributed by atoms with van der Waals surface area (Å²) in [6.07, 6.45) is 3.40. The Bertz CT molecular complexity index is 789. The minimum Gasteiger partial charge on any atom is -0.345 e. The number of carbonyl (C=O) groups is 1. The van der Waals surface area contributed by atoms with Gasteiger partial charge in [0.05, 0.1) is 5.56 Å². The van der Waals surface area contributed by atoms with Crippen LogP contribution in [0.4, 0.5) is 5.69 Å². The number of H-pyrrole nitrogens is 1. The number of hydrogen-bond acceptors (Lipinski definition) is 2. The Labute approximate surface area is 123 Å². The number of fused-ring (bicyclic) bond motifs is 1. The van der Waals surface area contributed by atoms with Crippen molar-refractivity contribution >= 4 is 22.6 Å². The van der Waals surface area contributed by atoms with Crippen molar-refractivity contribution in [1.82, 2.24) is 9.97 Å². The molecule has 0 radical (unpaired) electrons. The Kier molecular flexibility index (Phi) is 3.44. The number of aromatic amines is 1. The number of para-hydroxylation sites is 1. The molecule has 106 valence electrons. The minimum absolute atomic E-state index is 0.123. The molecule has 0 unspecified atom stereocenters. The Balaban J connectivity index is 1.94. The van der Waals surface area contributed by atoms with Crippen molar-refractivity contribution in [3.63, 3.8) is 0 Å². The lowest BCUT2D eigenvalue weighted by molar-refractivity contribution is 0.102. The number of aromatic nitrogens is 2. The molecule has 1 aromatic carbocycles. The highest BCUT2D eigenvalue weighted by Crippen LogP contribution is 2.25. The van der Waals surface area contributed by atoms with Gasteiger partial charge in [0.2, 0.25) is 0 Å². The maximum atomic E-state index is 12.5. The Morgan fingerprint density at radius 1 is 1.19 bits per heavy atom. The Hall–Kier alpha value is -2.62. The van der Waals surface area contributed by atoms with Crippen LogP contribution in [0.25, 0.3) is 11.0 Å². The molecule has 0 aliphatic rings. The number of pyridine rings is 1. The van der Waals surface area contributed by atoms with Gasteiger partial charge in [-0.1, -0.05) is 32.0 Å². The smallest absolute Gasteiger partial charge is 0.257 e. The highest BCUT2D eigenvalue weighted by molar-refractivity contribution is 6.12. The summed E-state index contributed by atoms with van der Waals surface area (Å²) in [5, 5.41) is 3.83. The summed E-state index contributed by atoms with van der Waals surface area (Å²) >= 11 is 0. The average Bonchev–Trinajstić information content (AvgIpc) is 2.91. The summed E-state index contributed by atoms with van der Waals surface area (Å²) < 4.78 is 0. The molecule has 3 rings (SSSR count). The summed E-state index contributed by atoms with van der Waals surface area (Å²) in [7, 11) is 0. The number of rotatable bonds is 3. The lowest BCUT2D eigenvalue weighted by Gasteiger charge is -2.13. The molecule has 0 saturated carbocycles. The van der Waals surface area contributed by atoms with Crippen LogP contribution in [0.1, 0.15) is 35.7 Å². The number of benzene rings is 1.